The summed E-state index contributed by atoms with van der Waals surface area (Å²) >= 11 is 29.7. The van der Waals surface area contributed by atoms with Crippen molar-refractivity contribution in [1.29, 1.82) is 0 Å². The maximum Gasteiger partial charge on any atom is 0.289 e. The molecule has 0 radical (unpaired) electrons. The third kappa shape index (κ3) is 2.65. The second kappa shape index (κ2) is 6.30. The Bertz CT molecular complexity index is 945. The van der Waals surface area contributed by atoms with E-state index in [1.807, 2.05) is 0 Å². The molecule has 0 spiro atoms. The lowest BCUT2D eigenvalue weighted by Gasteiger charge is -2.13. The summed E-state index contributed by atoms with van der Waals surface area (Å²) in [7, 11) is 0. The standard InChI is InChI=1S/C14H3Cl5N2O4/c15-5-2-1-4(3-6(5)21(24)25)20-13(22)7-8(14(20)23)10(17)12(19)11(18)9(7)16/h1-3H. The third-order valence-electron chi connectivity index (χ3n) is 3.49. The number of nitrogens with zero attached hydrogens (tertiary/aromatic N) is 2. The van der Waals surface area contributed by atoms with Crippen molar-refractivity contribution in [3.8, 4) is 0 Å². The van der Waals surface area contributed by atoms with Crippen LogP contribution in [0.1, 0.15) is 20.7 Å². The summed E-state index contributed by atoms with van der Waals surface area (Å²) in [5.74, 6) is -1.66. The van der Waals surface area contributed by atoms with Gasteiger partial charge in [-0.05, 0) is 12.1 Å². The van der Waals surface area contributed by atoms with Gasteiger partial charge in [0, 0.05) is 6.07 Å². The number of halogens is 5. The molecule has 1 heterocycles. The van der Waals surface area contributed by atoms with Crippen molar-refractivity contribution in [2.45, 2.75) is 0 Å². The van der Waals surface area contributed by atoms with Crippen LogP contribution in [0.15, 0.2) is 18.2 Å². The van der Waals surface area contributed by atoms with Crippen LogP contribution in [-0.4, -0.2) is 16.7 Å². The van der Waals surface area contributed by atoms with E-state index in [1.54, 1.807) is 0 Å². The van der Waals surface area contributed by atoms with Gasteiger partial charge in [0.2, 0.25) is 0 Å². The third-order valence-corrected chi connectivity index (χ3v) is 5.61. The van der Waals surface area contributed by atoms with E-state index in [1.165, 1.54) is 12.1 Å². The van der Waals surface area contributed by atoms with Crippen LogP contribution >= 0.6 is 58.0 Å². The number of carbonyl (C=O) groups is 2. The van der Waals surface area contributed by atoms with Crippen molar-refractivity contribution in [2.24, 2.45) is 0 Å². The molecule has 6 nitrogen and oxygen atoms in total. The fourth-order valence-corrected chi connectivity index (χ4v) is 3.56. The first-order valence-electron chi connectivity index (χ1n) is 6.35. The molecule has 0 atom stereocenters. The molecule has 0 fully saturated rings. The van der Waals surface area contributed by atoms with Gasteiger partial charge in [0.05, 0.1) is 41.8 Å². The first-order valence-corrected chi connectivity index (χ1v) is 8.24. The van der Waals surface area contributed by atoms with Crippen molar-refractivity contribution in [1.82, 2.24) is 0 Å². The Morgan fingerprint density at radius 2 is 1.32 bits per heavy atom. The molecule has 0 aliphatic carbocycles. The molecule has 25 heavy (non-hydrogen) atoms. The van der Waals surface area contributed by atoms with Gasteiger partial charge in [-0.2, -0.15) is 0 Å². The van der Waals surface area contributed by atoms with E-state index in [4.69, 9.17) is 58.0 Å². The van der Waals surface area contributed by atoms with Crippen LogP contribution < -0.4 is 4.90 Å². The average molecular weight is 440 g/mol. The maximum absolute atomic E-state index is 12.7. The number of imide groups is 1. The number of hydrogen-bond donors (Lipinski definition) is 0. The van der Waals surface area contributed by atoms with Crippen molar-refractivity contribution >= 4 is 81.2 Å². The van der Waals surface area contributed by atoms with Crippen molar-refractivity contribution < 1.29 is 14.5 Å². The summed E-state index contributed by atoms with van der Waals surface area (Å²) in [6, 6.07) is 3.47. The van der Waals surface area contributed by atoms with Crippen LogP contribution in [0.3, 0.4) is 0 Å². The molecule has 1 aliphatic rings. The monoisotopic (exact) mass is 438 g/mol. The Balaban J connectivity index is 2.23. The van der Waals surface area contributed by atoms with Gasteiger partial charge in [-0.25, -0.2) is 4.90 Å². The highest BCUT2D eigenvalue weighted by Gasteiger charge is 2.42. The summed E-state index contributed by atoms with van der Waals surface area (Å²) in [5.41, 5.74) is -0.974. The average Bonchev–Trinajstić information content (AvgIpc) is 2.82. The van der Waals surface area contributed by atoms with Gasteiger partial charge in [0.25, 0.3) is 17.5 Å². The van der Waals surface area contributed by atoms with Gasteiger partial charge < -0.3 is 0 Å². The number of nitro benzene ring substituents is 1. The number of fused-ring (bicyclic) bond motifs is 1. The van der Waals surface area contributed by atoms with Crippen LogP contribution in [-0.2, 0) is 0 Å². The summed E-state index contributed by atoms with van der Waals surface area (Å²) in [5, 5.41) is 10.1. The zero-order valence-electron chi connectivity index (χ0n) is 11.6. The molecule has 3 rings (SSSR count). The molecule has 0 saturated carbocycles. The molecule has 128 valence electrons. The van der Waals surface area contributed by atoms with Gasteiger partial charge >= 0.3 is 0 Å². The van der Waals surface area contributed by atoms with E-state index in [-0.39, 0.29) is 41.9 Å². The fourth-order valence-electron chi connectivity index (χ4n) is 2.36. The smallest absolute Gasteiger partial charge is 0.268 e. The fraction of sp³-hybridized carbons (Fsp3) is 0. The van der Waals surface area contributed by atoms with Crippen LogP contribution in [0.5, 0.6) is 0 Å². The van der Waals surface area contributed by atoms with Crippen LogP contribution in [0.2, 0.25) is 25.1 Å². The lowest BCUT2D eigenvalue weighted by Crippen LogP contribution is -2.29. The van der Waals surface area contributed by atoms with Crippen molar-refractivity contribution in [3.05, 3.63) is 64.6 Å². The summed E-state index contributed by atoms with van der Waals surface area (Å²) in [6.45, 7) is 0. The number of amides is 2. The first kappa shape index (κ1) is 18.2. The predicted octanol–water partition coefficient (Wildman–Crippen LogP) is 5.66. The predicted molar refractivity (Wildman–Crippen MR) is 95.7 cm³/mol. The molecular weight excluding hydrogens is 437 g/mol. The number of hydrogen-bond acceptors (Lipinski definition) is 4. The number of nitro groups is 1. The minimum Gasteiger partial charge on any atom is -0.268 e. The van der Waals surface area contributed by atoms with Gasteiger partial charge in [-0.1, -0.05) is 58.0 Å². The summed E-state index contributed by atoms with van der Waals surface area (Å²) in [6.07, 6.45) is 0. The number of carbonyl (C=O) groups excluding carboxylic acids is 2. The lowest BCUT2D eigenvalue weighted by molar-refractivity contribution is -0.384. The molecule has 11 heteroatoms. The molecule has 2 aromatic carbocycles. The Kier molecular flexibility index (Phi) is 4.59. The number of benzene rings is 2. The van der Waals surface area contributed by atoms with Crippen molar-refractivity contribution in [2.75, 3.05) is 4.90 Å². The molecule has 2 amide bonds. The zero-order chi connectivity index (χ0) is 18.6. The van der Waals surface area contributed by atoms with E-state index < -0.39 is 22.4 Å². The minimum absolute atomic E-state index is 0.0679. The molecule has 2 aromatic rings. The van der Waals surface area contributed by atoms with E-state index in [2.05, 4.69) is 0 Å². The Labute approximate surface area is 164 Å². The zero-order valence-corrected chi connectivity index (χ0v) is 15.4. The van der Waals surface area contributed by atoms with Crippen LogP contribution in [0, 0.1) is 10.1 Å². The highest BCUT2D eigenvalue weighted by molar-refractivity contribution is 6.56. The second-order valence-electron chi connectivity index (χ2n) is 4.84. The van der Waals surface area contributed by atoms with Gasteiger partial charge in [-0.3, -0.25) is 19.7 Å². The SMILES string of the molecule is O=C1c2c(Cl)c(Cl)c(Cl)c(Cl)c2C(=O)N1c1ccc(Cl)c([N+](=O)[O-])c1. The van der Waals surface area contributed by atoms with Crippen LogP contribution in [0.25, 0.3) is 0 Å². The summed E-state index contributed by atoms with van der Waals surface area (Å²) < 4.78 is 0. The topological polar surface area (TPSA) is 80.5 Å². The molecule has 0 aromatic heterocycles. The van der Waals surface area contributed by atoms with E-state index in [9.17, 15) is 19.7 Å². The maximum atomic E-state index is 12.7. The number of rotatable bonds is 2. The molecule has 0 unspecified atom stereocenters. The summed E-state index contributed by atoms with van der Waals surface area (Å²) in [4.78, 5) is 36.3. The minimum atomic E-state index is -0.831. The Morgan fingerprint density at radius 1 is 0.840 bits per heavy atom. The first-order chi connectivity index (χ1) is 11.7. The van der Waals surface area contributed by atoms with Crippen molar-refractivity contribution in [3.63, 3.8) is 0 Å². The molecule has 0 bridgehead atoms. The van der Waals surface area contributed by atoms with Gasteiger partial charge in [-0.15, -0.1) is 0 Å². The Morgan fingerprint density at radius 3 is 1.76 bits per heavy atom. The van der Waals surface area contributed by atoms with Gasteiger partial charge in [0.15, 0.2) is 0 Å². The normalized spacial score (nSPS) is 13.4. The largest absolute Gasteiger partial charge is 0.289 e. The van der Waals surface area contributed by atoms with Gasteiger partial charge in [0.1, 0.15) is 5.02 Å². The quantitative estimate of drug-likeness (QED) is 0.198. The molecule has 1 aliphatic heterocycles. The number of anilines is 1. The second-order valence-corrected chi connectivity index (χ2v) is 6.76. The van der Waals surface area contributed by atoms with E-state index in [0.29, 0.717) is 4.90 Å². The lowest BCUT2D eigenvalue weighted by atomic mass is 10.1. The molecule has 0 N–H and O–H groups in total. The Hall–Kier alpha value is -1.57. The molecule has 0 saturated heterocycles. The van der Waals surface area contributed by atoms with E-state index in [0.717, 1.165) is 6.07 Å². The highest BCUT2D eigenvalue weighted by Crippen LogP contribution is 2.46. The van der Waals surface area contributed by atoms with Crippen LogP contribution in [0.4, 0.5) is 11.4 Å². The molecular formula is C14H3Cl5N2O4. The van der Waals surface area contributed by atoms with E-state index >= 15 is 0 Å². The highest BCUT2D eigenvalue weighted by atomic mass is 35.5.